The number of primary amides is 1. The van der Waals surface area contributed by atoms with E-state index in [-0.39, 0.29) is 43.8 Å². The van der Waals surface area contributed by atoms with Crippen LogP contribution in [-0.2, 0) is 25.6 Å². The monoisotopic (exact) mass is 665 g/mol. The predicted molar refractivity (Wildman–Crippen MR) is 180 cm³/mol. The molecule has 4 rings (SSSR count). The molecule has 1 fully saturated rings. The molecule has 46 heavy (non-hydrogen) atoms. The van der Waals surface area contributed by atoms with Crippen LogP contribution in [0.5, 0.6) is 0 Å². The Hall–Kier alpha value is -3.92. The summed E-state index contributed by atoms with van der Waals surface area (Å²) in [4.78, 5) is 56.1. The molecule has 1 saturated heterocycles. The van der Waals surface area contributed by atoms with Gasteiger partial charge in [-0.2, -0.15) is 0 Å². The van der Waals surface area contributed by atoms with Crippen LogP contribution >= 0.6 is 23.2 Å². The van der Waals surface area contributed by atoms with Gasteiger partial charge in [-0.05, 0) is 67.5 Å². The first-order chi connectivity index (χ1) is 22.2. The molecule has 2 unspecified atom stereocenters. The van der Waals surface area contributed by atoms with Crippen LogP contribution in [0.25, 0.3) is 0 Å². The molecule has 5 N–H and O–H groups in total. The van der Waals surface area contributed by atoms with Crippen molar-refractivity contribution in [2.75, 3.05) is 26.2 Å². The van der Waals surface area contributed by atoms with Gasteiger partial charge in [-0.3, -0.25) is 19.2 Å². The Bertz CT molecular complexity index is 1450. The molecule has 0 aliphatic carbocycles. The van der Waals surface area contributed by atoms with E-state index in [9.17, 15) is 19.2 Å². The summed E-state index contributed by atoms with van der Waals surface area (Å²) in [6.07, 6.45) is 2.27. The van der Waals surface area contributed by atoms with Crippen molar-refractivity contribution < 1.29 is 19.2 Å². The third kappa shape index (κ3) is 9.55. The fourth-order valence-electron chi connectivity index (χ4n) is 5.87. The molecule has 3 aromatic rings. The van der Waals surface area contributed by atoms with E-state index in [1.807, 2.05) is 60.7 Å². The van der Waals surface area contributed by atoms with E-state index in [0.717, 1.165) is 16.7 Å². The summed E-state index contributed by atoms with van der Waals surface area (Å²) in [7, 11) is 0. The van der Waals surface area contributed by atoms with E-state index >= 15 is 0 Å². The summed E-state index contributed by atoms with van der Waals surface area (Å²) in [5, 5.41) is 3.66. The summed E-state index contributed by atoms with van der Waals surface area (Å²) >= 11 is 12.4. The van der Waals surface area contributed by atoms with Gasteiger partial charge in [-0.25, -0.2) is 0 Å². The van der Waals surface area contributed by atoms with Crippen LogP contribution in [0.1, 0.15) is 54.7 Å². The molecule has 1 aliphatic heterocycles. The predicted octanol–water partition coefficient (Wildman–Crippen LogP) is 4.29. The van der Waals surface area contributed by atoms with Gasteiger partial charge in [0.15, 0.2) is 0 Å². The number of unbranched alkanes of at least 4 members (excludes halogenated alkanes) is 1. The van der Waals surface area contributed by atoms with E-state index in [1.54, 1.807) is 18.2 Å². The highest BCUT2D eigenvalue weighted by Gasteiger charge is 2.40. The molecule has 244 valence electrons. The van der Waals surface area contributed by atoms with Gasteiger partial charge in [-0.1, -0.05) is 89.9 Å². The average molecular weight is 667 g/mol. The molecule has 0 spiro atoms. The Labute approximate surface area is 280 Å². The first-order valence-corrected chi connectivity index (χ1v) is 16.3. The van der Waals surface area contributed by atoms with Crippen LogP contribution in [0, 0.1) is 0 Å². The minimum absolute atomic E-state index is 0.0355. The van der Waals surface area contributed by atoms with Gasteiger partial charge in [0.1, 0.15) is 12.1 Å². The molecule has 0 saturated carbocycles. The minimum atomic E-state index is -1.05. The van der Waals surface area contributed by atoms with Crippen molar-refractivity contribution in [2.45, 2.75) is 56.5 Å². The summed E-state index contributed by atoms with van der Waals surface area (Å²) in [5.74, 6) is -1.82. The van der Waals surface area contributed by atoms with Crippen molar-refractivity contribution in [3.63, 3.8) is 0 Å². The zero-order chi connectivity index (χ0) is 33.1. The van der Waals surface area contributed by atoms with Crippen molar-refractivity contribution in [1.29, 1.82) is 0 Å². The maximum absolute atomic E-state index is 14.0. The highest BCUT2D eigenvalue weighted by molar-refractivity contribution is 6.35. The summed E-state index contributed by atoms with van der Waals surface area (Å²) in [5.41, 5.74) is 14.1. The van der Waals surface area contributed by atoms with Crippen LogP contribution in [-0.4, -0.2) is 71.7 Å². The van der Waals surface area contributed by atoms with Gasteiger partial charge in [0.05, 0.1) is 13.0 Å². The molecule has 1 aliphatic rings. The normalized spacial score (nSPS) is 15.7. The molecule has 4 amide bonds. The Balaban J connectivity index is 1.55. The van der Waals surface area contributed by atoms with E-state index in [2.05, 4.69) is 5.32 Å². The summed E-state index contributed by atoms with van der Waals surface area (Å²) < 4.78 is 0. The lowest BCUT2D eigenvalue weighted by molar-refractivity contribution is -0.157. The van der Waals surface area contributed by atoms with Crippen LogP contribution in [0.2, 0.25) is 10.0 Å². The van der Waals surface area contributed by atoms with Gasteiger partial charge in [0.25, 0.3) is 0 Å². The molecule has 0 aromatic heterocycles. The lowest BCUT2D eigenvalue weighted by Gasteiger charge is -2.41. The molecule has 1 heterocycles. The Morgan fingerprint density at radius 2 is 1.54 bits per heavy atom. The van der Waals surface area contributed by atoms with Gasteiger partial charge in [0, 0.05) is 29.1 Å². The van der Waals surface area contributed by atoms with Crippen molar-refractivity contribution >= 4 is 46.8 Å². The number of benzene rings is 3. The molecule has 11 heteroatoms. The second-order valence-electron chi connectivity index (χ2n) is 11.5. The van der Waals surface area contributed by atoms with Crippen LogP contribution in [0.15, 0.2) is 78.9 Å². The maximum atomic E-state index is 14.0. The quantitative estimate of drug-likeness (QED) is 0.196. The number of nitrogens with one attached hydrogen (secondary N) is 1. The summed E-state index contributed by atoms with van der Waals surface area (Å²) in [6, 6.07) is 23.2. The highest BCUT2D eigenvalue weighted by Crippen LogP contribution is 2.30. The molecule has 0 bridgehead atoms. The third-order valence-corrected chi connectivity index (χ3v) is 8.94. The number of nitrogens with zero attached hydrogens (tertiary/aromatic N) is 2. The van der Waals surface area contributed by atoms with Crippen molar-refractivity contribution in [2.24, 2.45) is 11.5 Å². The minimum Gasteiger partial charge on any atom is -0.368 e. The molecular weight excluding hydrogens is 625 g/mol. The number of carbonyl (C=O) groups excluding carboxylic acids is 4. The second-order valence-corrected chi connectivity index (χ2v) is 12.4. The first-order valence-electron chi connectivity index (χ1n) is 15.6. The van der Waals surface area contributed by atoms with E-state index in [4.69, 9.17) is 34.7 Å². The van der Waals surface area contributed by atoms with Crippen molar-refractivity contribution in [1.82, 2.24) is 15.1 Å². The molecule has 9 nitrogen and oxygen atoms in total. The fraction of sp³-hybridized carbons (Fsp3) is 0.371. The molecule has 0 radical (unpaired) electrons. The number of halogens is 2. The van der Waals surface area contributed by atoms with Gasteiger partial charge < -0.3 is 26.6 Å². The van der Waals surface area contributed by atoms with Crippen LogP contribution < -0.4 is 16.8 Å². The van der Waals surface area contributed by atoms with E-state index in [0.29, 0.717) is 48.7 Å². The van der Waals surface area contributed by atoms with Crippen LogP contribution in [0.4, 0.5) is 0 Å². The van der Waals surface area contributed by atoms with Crippen molar-refractivity contribution in [3.05, 3.63) is 106 Å². The van der Waals surface area contributed by atoms with Crippen molar-refractivity contribution in [3.8, 4) is 0 Å². The first kappa shape index (κ1) is 34.9. The lowest BCUT2D eigenvalue weighted by atomic mass is 9.88. The smallest absolute Gasteiger partial charge is 0.246 e. The number of nitrogens with two attached hydrogens (primary N) is 2. The van der Waals surface area contributed by atoms with E-state index in [1.165, 1.54) is 9.80 Å². The van der Waals surface area contributed by atoms with Gasteiger partial charge in [0.2, 0.25) is 23.6 Å². The number of amides is 4. The zero-order valence-electron chi connectivity index (χ0n) is 25.7. The average Bonchev–Trinajstić information content (AvgIpc) is 3.04. The van der Waals surface area contributed by atoms with E-state index < -0.39 is 23.9 Å². The fourth-order valence-corrected chi connectivity index (χ4v) is 6.37. The number of rotatable bonds is 16. The number of hydrogen-bond acceptors (Lipinski definition) is 5. The van der Waals surface area contributed by atoms with Gasteiger partial charge in [-0.15, -0.1) is 0 Å². The lowest BCUT2D eigenvalue weighted by Crippen LogP contribution is -2.61. The third-order valence-electron chi connectivity index (χ3n) is 8.35. The number of carbonyl (C=O) groups is 4. The summed E-state index contributed by atoms with van der Waals surface area (Å²) in [6.45, 7) is 0.824. The molecule has 3 aromatic carbocycles. The number of hydrogen-bond donors (Lipinski definition) is 3. The topological polar surface area (TPSA) is 139 Å². The van der Waals surface area contributed by atoms with Gasteiger partial charge >= 0.3 is 0 Å². The largest absolute Gasteiger partial charge is 0.368 e. The zero-order valence-corrected chi connectivity index (χ0v) is 27.3. The standard InChI is InChI=1S/C35H41Cl2N5O4/c36-27-15-14-26(29(37)21-27)16-19-41-23-33(44)42(20-17-28(24-9-3-1-4-10-24)25-11-5-2-6-12-25)31(35(41)46)22-32(43)40-30(34(39)45)13-7-8-18-38/h1-6,9-12,14-15,21,28,30-31H,7-8,13,16-20,22-23,38H2,(H2,39,45)(H,40,43). The Morgan fingerprint density at radius 3 is 2.13 bits per heavy atom. The molecular formula is C35H41Cl2N5O4. The maximum Gasteiger partial charge on any atom is 0.246 e. The SMILES string of the molecule is NCCCCC(NC(=O)CC1C(=O)N(CCc2ccc(Cl)cc2Cl)CC(=O)N1CCC(c1ccccc1)c1ccccc1)C(N)=O. The Morgan fingerprint density at radius 1 is 0.891 bits per heavy atom. The molecule has 2 atom stereocenters. The number of piperazine rings is 1. The second kappa shape index (κ2) is 17.1. The highest BCUT2D eigenvalue weighted by atomic mass is 35.5. The van der Waals surface area contributed by atoms with Crippen LogP contribution in [0.3, 0.4) is 0 Å². The Kier molecular flexibility index (Phi) is 13.0.